The molecular formula is C10H16O2S. The van der Waals surface area contributed by atoms with Crippen LogP contribution in [0.15, 0.2) is 0 Å². The number of carbonyl (C=O) groups is 1. The smallest absolute Gasteiger partial charge is 0.316 e. The fraction of sp³-hybridized carbons (Fsp3) is 0.900. The minimum Gasteiger partial charge on any atom is -0.480 e. The zero-order chi connectivity index (χ0) is 9.42. The van der Waals surface area contributed by atoms with E-state index in [1.165, 1.54) is 19.3 Å². The number of hydrogen-bond acceptors (Lipinski definition) is 2. The first-order valence-electron chi connectivity index (χ1n) is 5.05. The first-order valence-corrected chi connectivity index (χ1v) is 5.99. The van der Waals surface area contributed by atoms with Gasteiger partial charge in [-0.05, 0) is 37.5 Å². The highest BCUT2D eigenvalue weighted by atomic mass is 32.2. The van der Waals surface area contributed by atoms with E-state index in [9.17, 15) is 4.79 Å². The lowest BCUT2D eigenvalue weighted by molar-refractivity contribution is -0.136. The SMILES string of the molecule is CC1CCC2SC(C(=O)O)CC2C1. The van der Waals surface area contributed by atoms with Gasteiger partial charge in [-0.3, -0.25) is 4.79 Å². The minimum absolute atomic E-state index is 0.111. The molecule has 0 amide bonds. The van der Waals surface area contributed by atoms with Crippen molar-refractivity contribution >= 4 is 17.7 Å². The number of rotatable bonds is 1. The van der Waals surface area contributed by atoms with Gasteiger partial charge in [0.15, 0.2) is 0 Å². The van der Waals surface area contributed by atoms with Crippen LogP contribution < -0.4 is 0 Å². The van der Waals surface area contributed by atoms with Crippen molar-refractivity contribution in [3.8, 4) is 0 Å². The van der Waals surface area contributed by atoms with Gasteiger partial charge in [0.1, 0.15) is 5.25 Å². The predicted molar refractivity (Wildman–Crippen MR) is 53.9 cm³/mol. The molecule has 0 bridgehead atoms. The Morgan fingerprint density at radius 3 is 2.85 bits per heavy atom. The van der Waals surface area contributed by atoms with Gasteiger partial charge >= 0.3 is 5.97 Å². The van der Waals surface area contributed by atoms with Gasteiger partial charge < -0.3 is 5.11 Å². The average Bonchev–Trinajstić information content (AvgIpc) is 2.46. The summed E-state index contributed by atoms with van der Waals surface area (Å²) < 4.78 is 0. The molecule has 1 saturated heterocycles. The van der Waals surface area contributed by atoms with E-state index in [0.29, 0.717) is 11.2 Å². The van der Waals surface area contributed by atoms with Gasteiger partial charge in [0.2, 0.25) is 0 Å². The van der Waals surface area contributed by atoms with Crippen molar-refractivity contribution in [2.45, 2.75) is 43.1 Å². The Balaban J connectivity index is 1.98. The van der Waals surface area contributed by atoms with E-state index in [1.807, 2.05) is 0 Å². The van der Waals surface area contributed by atoms with Crippen LogP contribution in [0.1, 0.15) is 32.6 Å². The number of hydrogen-bond donors (Lipinski definition) is 1. The van der Waals surface area contributed by atoms with Crippen LogP contribution in [-0.2, 0) is 4.79 Å². The number of thioether (sulfide) groups is 1. The quantitative estimate of drug-likeness (QED) is 0.706. The first-order chi connectivity index (χ1) is 6.16. The van der Waals surface area contributed by atoms with Crippen LogP contribution in [0.3, 0.4) is 0 Å². The molecule has 13 heavy (non-hydrogen) atoms. The Hall–Kier alpha value is -0.180. The largest absolute Gasteiger partial charge is 0.480 e. The molecule has 4 unspecified atom stereocenters. The molecule has 1 aliphatic carbocycles. The third kappa shape index (κ3) is 1.85. The molecule has 2 rings (SSSR count). The van der Waals surface area contributed by atoms with Crippen molar-refractivity contribution in [3.05, 3.63) is 0 Å². The summed E-state index contributed by atoms with van der Waals surface area (Å²) in [6, 6.07) is 0. The molecule has 0 spiro atoms. The van der Waals surface area contributed by atoms with Crippen molar-refractivity contribution in [2.75, 3.05) is 0 Å². The van der Waals surface area contributed by atoms with Crippen molar-refractivity contribution in [1.82, 2.24) is 0 Å². The zero-order valence-corrected chi connectivity index (χ0v) is 8.72. The van der Waals surface area contributed by atoms with Crippen molar-refractivity contribution in [1.29, 1.82) is 0 Å². The van der Waals surface area contributed by atoms with E-state index >= 15 is 0 Å². The molecule has 0 aromatic heterocycles. The second kappa shape index (κ2) is 3.52. The molecule has 0 radical (unpaired) electrons. The van der Waals surface area contributed by atoms with Crippen molar-refractivity contribution in [2.24, 2.45) is 11.8 Å². The molecule has 2 aliphatic rings. The van der Waals surface area contributed by atoms with Gasteiger partial charge in [-0.25, -0.2) is 0 Å². The second-order valence-electron chi connectivity index (χ2n) is 4.42. The maximum atomic E-state index is 10.8. The Morgan fingerprint density at radius 2 is 2.15 bits per heavy atom. The molecule has 0 aromatic rings. The molecular weight excluding hydrogens is 184 g/mol. The van der Waals surface area contributed by atoms with Gasteiger partial charge in [-0.15, -0.1) is 11.8 Å². The molecule has 2 fully saturated rings. The lowest BCUT2D eigenvalue weighted by Crippen LogP contribution is -2.21. The molecule has 1 aliphatic heterocycles. The normalized spacial score (nSPS) is 44.4. The van der Waals surface area contributed by atoms with Crippen LogP contribution in [0.4, 0.5) is 0 Å². The van der Waals surface area contributed by atoms with Gasteiger partial charge in [0.05, 0.1) is 0 Å². The summed E-state index contributed by atoms with van der Waals surface area (Å²) >= 11 is 1.71. The fourth-order valence-electron chi connectivity index (χ4n) is 2.60. The molecule has 1 N–H and O–H groups in total. The molecule has 0 aromatic carbocycles. The molecule has 2 nitrogen and oxygen atoms in total. The summed E-state index contributed by atoms with van der Waals surface area (Å²) in [5.74, 6) is 0.899. The van der Waals surface area contributed by atoms with Gasteiger partial charge in [-0.1, -0.05) is 6.92 Å². The van der Waals surface area contributed by atoms with Crippen LogP contribution in [0.25, 0.3) is 0 Å². The van der Waals surface area contributed by atoms with Gasteiger partial charge in [0, 0.05) is 5.25 Å². The molecule has 74 valence electrons. The summed E-state index contributed by atoms with van der Waals surface area (Å²) in [6.07, 6.45) is 4.69. The molecule has 4 atom stereocenters. The van der Waals surface area contributed by atoms with E-state index in [4.69, 9.17) is 5.11 Å². The van der Waals surface area contributed by atoms with E-state index in [0.717, 1.165) is 12.3 Å². The van der Waals surface area contributed by atoms with E-state index in [-0.39, 0.29) is 5.25 Å². The van der Waals surface area contributed by atoms with Crippen LogP contribution in [0.5, 0.6) is 0 Å². The molecule has 3 heteroatoms. The fourth-order valence-corrected chi connectivity index (χ4v) is 4.21. The number of carboxylic acids is 1. The topological polar surface area (TPSA) is 37.3 Å². The monoisotopic (exact) mass is 200 g/mol. The van der Waals surface area contributed by atoms with Gasteiger partial charge in [0.25, 0.3) is 0 Å². The van der Waals surface area contributed by atoms with Gasteiger partial charge in [-0.2, -0.15) is 0 Å². The summed E-state index contributed by atoms with van der Waals surface area (Å²) in [7, 11) is 0. The minimum atomic E-state index is -0.605. The third-order valence-electron chi connectivity index (χ3n) is 3.31. The van der Waals surface area contributed by atoms with E-state index < -0.39 is 5.97 Å². The second-order valence-corrected chi connectivity index (χ2v) is 5.86. The highest BCUT2D eigenvalue weighted by Crippen LogP contribution is 2.47. The Morgan fingerprint density at radius 1 is 1.38 bits per heavy atom. The number of carboxylic acid groups (broad SMARTS) is 1. The van der Waals surface area contributed by atoms with Crippen molar-refractivity contribution in [3.63, 3.8) is 0 Å². The standard InChI is InChI=1S/C10H16O2S/c1-6-2-3-8-7(4-6)5-9(13-8)10(11)12/h6-9H,2-5H2,1H3,(H,11,12). The first kappa shape index (κ1) is 9.38. The summed E-state index contributed by atoms with van der Waals surface area (Å²) in [5.41, 5.74) is 0. The third-order valence-corrected chi connectivity index (χ3v) is 5.00. The molecule has 1 saturated carbocycles. The van der Waals surface area contributed by atoms with Crippen molar-refractivity contribution < 1.29 is 9.90 Å². The number of fused-ring (bicyclic) bond motifs is 1. The van der Waals surface area contributed by atoms with Crippen LogP contribution in [0.2, 0.25) is 0 Å². The lowest BCUT2D eigenvalue weighted by atomic mass is 9.80. The predicted octanol–water partition coefficient (Wildman–Crippen LogP) is 2.38. The Bertz CT molecular complexity index is 217. The highest BCUT2D eigenvalue weighted by Gasteiger charge is 2.40. The van der Waals surface area contributed by atoms with Crippen LogP contribution >= 0.6 is 11.8 Å². The molecule has 1 heterocycles. The van der Waals surface area contributed by atoms with Crippen LogP contribution in [0, 0.1) is 11.8 Å². The summed E-state index contributed by atoms with van der Waals surface area (Å²) in [6.45, 7) is 2.29. The maximum absolute atomic E-state index is 10.8. The van der Waals surface area contributed by atoms with Crippen LogP contribution in [-0.4, -0.2) is 21.6 Å². The average molecular weight is 200 g/mol. The zero-order valence-electron chi connectivity index (χ0n) is 7.90. The number of aliphatic carboxylic acids is 1. The summed E-state index contributed by atoms with van der Waals surface area (Å²) in [5, 5.41) is 9.44. The maximum Gasteiger partial charge on any atom is 0.316 e. The van der Waals surface area contributed by atoms with E-state index in [1.54, 1.807) is 11.8 Å². The van der Waals surface area contributed by atoms with E-state index in [2.05, 4.69) is 6.92 Å². The summed E-state index contributed by atoms with van der Waals surface area (Å²) in [4.78, 5) is 10.8. The lowest BCUT2D eigenvalue weighted by Gasteiger charge is -2.28. The Kier molecular flexibility index (Phi) is 2.54. The Labute approximate surface area is 83.1 Å². The highest BCUT2D eigenvalue weighted by molar-refractivity contribution is 8.01.